The zero-order valence-electron chi connectivity index (χ0n) is 17.2. The van der Waals surface area contributed by atoms with Crippen LogP contribution in [-0.4, -0.2) is 73.2 Å². The zero-order chi connectivity index (χ0) is 20.8. The molecule has 156 valence electrons. The molecule has 0 spiro atoms. The molecule has 0 atom stereocenters. The summed E-state index contributed by atoms with van der Waals surface area (Å²) in [5.74, 6) is 0.122. The van der Waals surface area contributed by atoms with Crippen LogP contribution >= 0.6 is 0 Å². The van der Waals surface area contributed by atoms with Crippen molar-refractivity contribution >= 4 is 11.9 Å². The number of ether oxygens (including phenoxy) is 1. The predicted octanol–water partition coefficient (Wildman–Crippen LogP) is 2.54. The summed E-state index contributed by atoms with van der Waals surface area (Å²) in [6, 6.07) is 7.77. The van der Waals surface area contributed by atoms with E-state index in [1.165, 1.54) is 6.39 Å². The molecule has 1 aromatic heterocycles. The van der Waals surface area contributed by atoms with Crippen LogP contribution in [0.25, 0.3) is 11.3 Å². The number of urea groups is 1. The SMILES string of the molecule is Cc1cccc(-c2ocnc2C(=O)NCCN(C(=O)N(C)C)C2CCOCC2)c1. The molecule has 2 heterocycles. The lowest BCUT2D eigenvalue weighted by atomic mass is 10.1. The van der Waals surface area contributed by atoms with Gasteiger partial charge in [-0.2, -0.15) is 0 Å². The highest BCUT2D eigenvalue weighted by Crippen LogP contribution is 2.24. The Balaban J connectivity index is 1.64. The monoisotopic (exact) mass is 400 g/mol. The van der Waals surface area contributed by atoms with Crippen molar-refractivity contribution in [2.75, 3.05) is 40.4 Å². The van der Waals surface area contributed by atoms with Crippen LogP contribution in [0.4, 0.5) is 4.79 Å². The fourth-order valence-corrected chi connectivity index (χ4v) is 3.46. The van der Waals surface area contributed by atoms with Gasteiger partial charge in [0.05, 0.1) is 0 Å². The van der Waals surface area contributed by atoms with E-state index >= 15 is 0 Å². The van der Waals surface area contributed by atoms with Crippen molar-refractivity contribution in [3.8, 4) is 11.3 Å². The summed E-state index contributed by atoms with van der Waals surface area (Å²) in [7, 11) is 3.47. The molecule has 8 nitrogen and oxygen atoms in total. The van der Waals surface area contributed by atoms with Gasteiger partial charge in [0, 0.05) is 52.0 Å². The molecule has 29 heavy (non-hydrogen) atoms. The highest BCUT2D eigenvalue weighted by molar-refractivity contribution is 5.97. The van der Waals surface area contributed by atoms with E-state index in [0.29, 0.717) is 32.1 Å². The average Bonchev–Trinajstić information content (AvgIpc) is 3.21. The second-order valence-electron chi connectivity index (χ2n) is 7.37. The molecule has 1 N–H and O–H groups in total. The van der Waals surface area contributed by atoms with E-state index < -0.39 is 0 Å². The number of aryl methyl sites for hydroxylation is 1. The number of carbonyl (C=O) groups excluding carboxylic acids is 2. The first kappa shape index (κ1) is 20.9. The summed E-state index contributed by atoms with van der Waals surface area (Å²) in [5, 5.41) is 2.87. The minimum atomic E-state index is -0.320. The van der Waals surface area contributed by atoms with Crippen LogP contribution in [0.15, 0.2) is 35.1 Å². The largest absolute Gasteiger partial charge is 0.443 e. The Morgan fingerprint density at radius 1 is 1.24 bits per heavy atom. The van der Waals surface area contributed by atoms with Crippen LogP contribution in [0, 0.1) is 6.92 Å². The van der Waals surface area contributed by atoms with Gasteiger partial charge in [0.1, 0.15) is 0 Å². The Bertz CT molecular complexity index is 843. The Hall–Kier alpha value is -2.87. The van der Waals surface area contributed by atoms with E-state index in [1.807, 2.05) is 36.1 Å². The summed E-state index contributed by atoms with van der Waals surface area (Å²) in [5.41, 5.74) is 2.12. The van der Waals surface area contributed by atoms with Crippen LogP contribution in [0.1, 0.15) is 28.9 Å². The lowest BCUT2D eigenvalue weighted by Gasteiger charge is -2.36. The van der Waals surface area contributed by atoms with Crippen molar-refractivity contribution in [1.29, 1.82) is 0 Å². The fraction of sp³-hybridized carbons (Fsp3) is 0.476. The Morgan fingerprint density at radius 2 is 2.00 bits per heavy atom. The van der Waals surface area contributed by atoms with Gasteiger partial charge in [-0.1, -0.05) is 23.8 Å². The Labute approximate surface area is 170 Å². The average molecular weight is 400 g/mol. The van der Waals surface area contributed by atoms with Gasteiger partial charge in [0.25, 0.3) is 5.91 Å². The maximum atomic E-state index is 12.7. The molecule has 8 heteroatoms. The molecule has 0 bridgehead atoms. The molecule has 0 aliphatic carbocycles. The van der Waals surface area contributed by atoms with E-state index in [-0.39, 0.29) is 23.7 Å². The number of hydrogen-bond donors (Lipinski definition) is 1. The molecular formula is C21H28N4O4. The predicted molar refractivity (Wildman–Crippen MR) is 109 cm³/mol. The molecule has 1 aromatic carbocycles. The summed E-state index contributed by atoms with van der Waals surface area (Å²) >= 11 is 0. The standard InChI is InChI=1S/C21H28N4O4/c1-15-5-4-6-16(13-15)19-18(23-14-29-19)20(26)22-9-10-25(21(27)24(2)3)17-7-11-28-12-8-17/h4-6,13-14,17H,7-12H2,1-3H3,(H,22,26). The molecule has 2 aromatic rings. The molecule has 1 fully saturated rings. The van der Waals surface area contributed by atoms with E-state index in [2.05, 4.69) is 10.3 Å². The van der Waals surface area contributed by atoms with Crippen LogP contribution in [0.5, 0.6) is 0 Å². The highest BCUT2D eigenvalue weighted by atomic mass is 16.5. The summed E-state index contributed by atoms with van der Waals surface area (Å²) in [6.07, 6.45) is 2.87. The summed E-state index contributed by atoms with van der Waals surface area (Å²) < 4.78 is 10.9. The van der Waals surface area contributed by atoms with Crippen LogP contribution in [-0.2, 0) is 4.74 Å². The quantitative estimate of drug-likeness (QED) is 0.805. The van der Waals surface area contributed by atoms with Gasteiger partial charge in [-0.15, -0.1) is 0 Å². The van der Waals surface area contributed by atoms with Crippen LogP contribution in [0.3, 0.4) is 0 Å². The van der Waals surface area contributed by atoms with Gasteiger partial charge in [0.15, 0.2) is 17.8 Å². The molecule has 0 saturated carbocycles. The van der Waals surface area contributed by atoms with E-state index in [9.17, 15) is 9.59 Å². The maximum absolute atomic E-state index is 12.7. The van der Waals surface area contributed by atoms with Gasteiger partial charge >= 0.3 is 6.03 Å². The first-order chi connectivity index (χ1) is 14.0. The smallest absolute Gasteiger partial charge is 0.319 e. The third-order valence-electron chi connectivity index (χ3n) is 4.96. The van der Waals surface area contributed by atoms with Crippen LogP contribution < -0.4 is 5.32 Å². The molecule has 0 radical (unpaired) electrons. The highest BCUT2D eigenvalue weighted by Gasteiger charge is 2.27. The van der Waals surface area contributed by atoms with Crippen molar-refractivity contribution in [2.24, 2.45) is 0 Å². The van der Waals surface area contributed by atoms with E-state index in [4.69, 9.17) is 9.15 Å². The van der Waals surface area contributed by atoms with Gasteiger partial charge < -0.3 is 24.3 Å². The molecule has 1 aliphatic heterocycles. The molecular weight excluding hydrogens is 372 g/mol. The normalized spacial score (nSPS) is 14.4. The van der Waals surface area contributed by atoms with Crippen molar-refractivity contribution < 1.29 is 18.7 Å². The number of benzene rings is 1. The number of rotatable bonds is 6. The van der Waals surface area contributed by atoms with Crippen LogP contribution in [0.2, 0.25) is 0 Å². The van der Waals surface area contributed by atoms with Crippen molar-refractivity contribution in [3.63, 3.8) is 0 Å². The van der Waals surface area contributed by atoms with Gasteiger partial charge in [-0.25, -0.2) is 9.78 Å². The van der Waals surface area contributed by atoms with Gasteiger partial charge in [-0.05, 0) is 25.8 Å². The molecule has 1 aliphatic rings. The number of aromatic nitrogens is 1. The Morgan fingerprint density at radius 3 is 2.69 bits per heavy atom. The van der Waals surface area contributed by atoms with Crippen molar-refractivity contribution in [1.82, 2.24) is 20.1 Å². The number of nitrogens with zero attached hydrogens (tertiary/aromatic N) is 3. The van der Waals surface area contributed by atoms with Crippen molar-refractivity contribution in [3.05, 3.63) is 41.9 Å². The number of hydrogen-bond acceptors (Lipinski definition) is 5. The Kier molecular flexibility index (Phi) is 6.87. The molecule has 3 rings (SSSR count). The topological polar surface area (TPSA) is 87.9 Å². The fourth-order valence-electron chi connectivity index (χ4n) is 3.46. The lowest BCUT2D eigenvalue weighted by molar-refractivity contribution is 0.0415. The minimum absolute atomic E-state index is 0.0620. The second-order valence-corrected chi connectivity index (χ2v) is 7.37. The maximum Gasteiger partial charge on any atom is 0.319 e. The first-order valence-corrected chi connectivity index (χ1v) is 9.81. The third-order valence-corrected chi connectivity index (χ3v) is 4.96. The number of carbonyl (C=O) groups is 2. The van der Waals surface area contributed by atoms with E-state index in [1.54, 1.807) is 19.0 Å². The third kappa shape index (κ3) is 5.14. The second kappa shape index (κ2) is 9.56. The van der Waals surface area contributed by atoms with Gasteiger partial charge in [-0.3, -0.25) is 4.79 Å². The summed E-state index contributed by atoms with van der Waals surface area (Å²) in [6.45, 7) is 4.02. The molecule has 0 unspecified atom stereocenters. The lowest BCUT2D eigenvalue weighted by Crippen LogP contribution is -2.50. The number of amides is 3. The number of nitrogens with one attached hydrogen (secondary N) is 1. The zero-order valence-corrected chi connectivity index (χ0v) is 17.2. The van der Waals surface area contributed by atoms with Crippen molar-refractivity contribution in [2.45, 2.75) is 25.8 Å². The minimum Gasteiger partial charge on any atom is -0.443 e. The first-order valence-electron chi connectivity index (χ1n) is 9.81. The molecule has 1 saturated heterocycles. The van der Waals surface area contributed by atoms with Gasteiger partial charge in [0.2, 0.25) is 0 Å². The summed E-state index contributed by atoms with van der Waals surface area (Å²) in [4.78, 5) is 32.7. The number of oxazole rings is 1. The van der Waals surface area contributed by atoms with E-state index in [0.717, 1.165) is 24.0 Å². The molecule has 3 amide bonds.